The van der Waals surface area contributed by atoms with Crippen LogP contribution in [-0.4, -0.2) is 33.4 Å². The zero-order valence-electron chi connectivity index (χ0n) is 15.1. The number of aliphatic imine (C=N–C) groups is 1. The van der Waals surface area contributed by atoms with Crippen LogP contribution in [-0.2, 0) is 10.1 Å². The van der Waals surface area contributed by atoms with Crippen LogP contribution in [0.4, 0.5) is 5.69 Å². The number of para-hydroxylation sites is 1. The van der Waals surface area contributed by atoms with Gasteiger partial charge in [-0.05, 0) is 54.1 Å². The Hall–Kier alpha value is -2.35. The van der Waals surface area contributed by atoms with Gasteiger partial charge in [0.2, 0.25) is 0 Å². The fourth-order valence-electron chi connectivity index (χ4n) is 2.00. The largest absolute Gasteiger partial charge is 0.296 e. The first-order chi connectivity index (χ1) is 13.1. The second-order valence-electron chi connectivity index (χ2n) is 5.19. The summed E-state index contributed by atoms with van der Waals surface area (Å²) >= 11 is 1.66. The number of hydrogen-bond donors (Lipinski definition) is 5. The summed E-state index contributed by atoms with van der Waals surface area (Å²) in [6, 6.07) is 7.14. The lowest BCUT2D eigenvalue weighted by Crippen LogP contribution is -2.33. The summed E-state index contributed by atoms with van der Waals surface area (Å²) in [6.07, 6.45) is 3.76. The number of nitrogens with zero attached hydrogens (tertiary/aromatic N) is 2. The van der Waals surface area contributed by atoms with Crippen molar-refractivity contribution in [2.45, 2.75) is 13.8 Å². The van der Waals surface area contributed by atoms with Crippen molar-refractivity contribution in [1.29, 1.82) is 5.41 Å². The van der Waals surface area contributed by atoms with Crippen molar-refractivity contribution < 1.29 is 18.2 Å². The van der Waals surface area contributed by atoms with Gasteiger partial charge in [0.25, 0.3) is 10.1 Å². The molecule has 1 rings (SSSR count). The molecule has 1 aromatic carbocycles. The monoisotopic (exact) mass is 517 g/mol. The lowest BCUT2D eigenvalue weighted by Gasteiger charge is -2.11. The lowest BCUT2D eigenvalue weighted by atomic mass is 10.2. The second kappa shape index (κ2) is 10.8. The molecule has 9 nitrogen and oxygen atoms in total. The number of rotatable bonds is 8. The molecule has 0 fully saturated rings. The maximum atomic E-state index is 11.5. The van der Waals surface area contributed by atoms with Gasteiger partial charge in [0, 0.05) is 0 Å². The number of nitrogens with one attached hydrogen (secondary N) is 3. The summed E-state index contributed by atoms with van der Waals surface area (Å²) in [5.74, 6) is -0.131. The molecule has 0 heterocycles. The third-order valence-corrected chi connectivity index (χ3v) is 4.79. The van der Waals surface area contributed by atoms with E-state index in [4.69, 9.17) is 5.41 Å². The molecule has 0 atom stereocenters. The van der Waals surface area contributed by atoms with Crippen LogP contribution in [0.2, 0.25) is 0 Å². The zero-order valence-corrected chi connectivity index (χ0v) is 18.1. The summed E-state index contributed by atoms with van der Waals surface area (Å²) in [5.41, 5.74) is 5.57. The van der Waals surface area contributed by atoms with E-state index >= 15 is 0 Å². The Morgan fingerprint density at radius 3 is 2.46 bits per heavy atom. The summed E-state index contributed by atoms with van der Waals surface area (Å²) in [5, 5.41) is 21.3. The third kappa shape index (κ3) is 6.67. The van der Waals surface area contributed by atoms with Crippen LogP contribution in [0.25, 0.3) is 0 Å². The van der Waals surface area contributed by atoms with Gasteiger partial charge in [0.05, 0.1) is 11.4 Å². The Labute approximate surface area is 177 Å². The summed E-state index contributed by atoms with van der Waals surface area (Å²) < 4.78 is 32.3. The van der Waals surface area contributed by atoms with E-state index < -0.39 is 15.0 Å². The van der Waals surface area contributed by atoms with E-state index in [2.05, 4.69) is 22.1 Å². The Bertz CT molecular complexity index is 981. The highest BCUT2D eigenvalue weighted by molar-refractivity contribution is 14.1. The number of hydrazone groups is 1. The maximum Gasteiger partial charge on any atom is 0.296 e. The quantitative estimate of drug-likeness (QED) is 0.0894. The highest BCUT2D eigenvalue weighted by atomic mass is 127. The fraction of sp³-hybridized carbons (Fsp3) is 0.118. The molecular weight excluding hydrogens is 497 g/mol. The molecule has 150 valence electrons. The van der Waals surface area contributed by atoms with Gasteiger partial charge in [-0.25, -0.2) is 4.99 Å². The molecule has 0 aliphatic carbocycles. The molecular formula is C17H20IN5O4S. The standard InChI is InChI=1S/C17H20IN5O4S/c1-4-8-13(14(5-2)28(25,26)27)21-22-15(16(18)19)17(23-24)20-12-10-7-6-9-11(12)3/h4-10,19,21,24H,1H2,2-3H3,(H,20,23)(H,25,26,27)/b13-8+,14-5+,19-16?,22-15?. The lowest BCUT2D eigenvalue weighted by molar-refractivity contribution is 0.237. The first-order valence-electron chi connectivity index (χ1n) is 7.75. The van der Waals surface area contributed by atoms with Gasteiger partial charge < -0.3 is 0 Å². The molecule has 28 heavy (non-hydrogen) atoms. The minimum Gasteiger partial charge on any atom is -0.292 e. The molecule has 0 radical (unpaired) electrons. The van der Waals surface area contributed by atoms with Gasteiger partial charge in [-0.2, -0.15) is 13.5 Å². The molecule has 1 aromatic rings. The topological polar surface area (TPSA) is 147 Å². The van der Waals surface area contributed by atoms with Crippen LogP contribution in [0.15, 0.2) is 69.8 Å². The van der Waals surface area contributed by atoms with E-state index in [0.29, 0.717) is 5.69 Å². The van der Waals surface area contributed by atoms with Gasteiger partial charge in [-0.1, -0.05) is 36.9 Å². The van der Waals surface area contributed by atoms with Crippen molar-refractivity contribution in [1.82, 2.24) is 10.9 Å². The van der Waals surface area contributed by atoms with E-state index in [1.54, 1.807) is 34.7 Å². The summed E-state index contributed by atoms with van der Waals surface area (Å²) in [4.78, 5) is 3.83. The summed E-state index contributed by atoms with van der Waals surface area (Å²) in [6.45, 7) is 6.74. The SMILES string of the molecule is C=C/C=C(NN=C(C(=N)I)C(=Nc1ccccc1C)NO)\C(=C/C)S(=O)(=O)O. The Morgan fingerprint density at radius 2 is 2.00 bits per heavy atom. The number of hydroxylamine groups is 1. The molecule has 0 aliphatic rings. The number of aryl methyl sites for hydroxylation is 1. The molecule has 11 heteroatoms. The molecule has 0 unspecified atom stereocenters. The highest BCUT2D eigenvalue weighted by Gasteiger charge is 2.19. The Kier molecular flexibility index (Phi) is 9.18. The van der Waals surface area contributed by atoms with Gasteiger partial charge >= 0.3 is 0 Å². The van der Waals surface area contributed by atoms with Crippen LogP contribution in [0, 0.1) is 12.3 Å². The van der Waals surface area contributed by atoms with Crippen molar-refractivity contribution in [2.24, 2.45) is 10.1 Å². The van der Waals surface area contributed by atoms with Crippen molar-refractivity contribution in [3.63, 3.8) is 0 Å². The average Bonchev–Trinajstić information content (AvgIpc) is 2.61. The van der Waals surface area contributed by atoms with Crippen LogP contribution < -0.4 is 10.9 Å². The molecule has 0 aliphatic heterocycles. The molecule has 0 spiro atoms. The van der Waals surface area contributed by atoms with Gasteiger partial charge in [-0.15, -0.1) is 0 Å². The highest BCUT2D eigenvalue weighted by Crippen LogP contribution is 2.18. The van der Waals surface area contributed by atoms with Crippen molar-refractivity contribution >= 4 is 53.7 Å². The third-order valence-electron chi connectivity index (χ3n) is 3.26. The van der Waals surface area contributed by atoms with E-state index in [1.807, 2.05) is 24.5 Å². The smallest absolute Gasteiger partial charge is 0.292 e. The molecule has 0 amide bonds. The Morgan fingerprint density at radius 1 is 1.36 bits per heavy atom. The number of hydrogen-bond acceptors (Lipinski definition) is 7. The predicted molar refractivity (Wildman–Crippen MR) is 119 cm³/mol. The molecule has 0 bridgehead atoms. The van der Waals surface area contributed by atoms with Gasteiger partial charge in [0.15, 0.2) is 11.5 Å². The van der Waals surface area contributed by atoms with Gasteiger partial charge in [-0.3, -0.25) is 26.1 Å². The molecule has 0 saturated heterocycles. The first-order valence-corrected chi connectivity index (χ1v) is 10.3. The molecule has 0 saturated carbocycles. The van der Waals surface area contributed by atoms with Crippen LogP contribution in [0.1, 0.15) is 12.5 Å². The van der Waals surface area contributed by atoms with Crippen LogP contribution in [0.5, 0.6) is 0 Å². The fourth-order valence-corrected chi connectivity index (χ4v) is 3.06. The van der Waals surface area contributed by atoms with E-state index in [-0.39, 0.29) is 21.0 Å². The van der Waals surface area contributed by atoms with E-state index in [0.717, 1.165) is 5.56 Å². The Balaban J connectivity index is 3.41. The van der Waals surface area contributed by atoms with Gasteiger partial charge in [0.1, 0.15) is 8.62 Å². The zero-order chi connectivity index (χ0) is 21.3. The number of allylic oxidation sites excluding steroid dienone is 3. The van der Waals surface area contributed by atoms with Crippen molar-refractivity contribution in [3.05, 3.63) is 65.2 Å². The minimum absolute atomic E-state index is 0.0802. The average molecular weight is 517 g/mol. The van der Waals surface area contributed by atoms with E-state index in [9.17, 15) is 18.2 Å². The van der Waals surface area contributed by atoms with Crippen molar-refractivity contribution in [2.75, 3.05) is 0 Å². The second-order valence-corrected chi connectivity index (χ2v) is 7.66. The first kappa shape index (κ1) is 23.7. The van der Waals surface area contributed by atoms with Crippen molar-refractivity contribution in [3.8, 4) is 0 Å². The van der Waals surface area contributed by atoms with Crippen LogP contribution >= 0.6 is 22.6 Å². The predicted octanol–water partition coefficient (Wildman–Crippen LogP) is 3.22. The van der Waals surface area contributed by atoms with Crippen LogP contribution in [0.3, 0.4) is 0 Å². The number of benzene rings is 1. The number of halogens is 1. The molecule has 5 N–H and O–H groups in total. The normalized spacial score (nSPS) is 13.9. The maximum absolute atomic E-state index is 11.5. The minimum atomic E-state index is -4.52. The van der Waals surface area contributed by atoms with E-state index in [1.165, 1.54) is 25.2 Å². The molecule has 0 aromatic heterocycles. The summed E-state index contributed by atoms with van der Waals surface area (Å²) in [7, 11) is -4.52. The number of amidine groups is 1.